The fourth-order valence-corrected chi connectivity index (χ4v) is 1.64. The highest BCUT2D eigenvalue weighted by Crippen LogP contribution is 2.24. The van der Waals surface area contributed by atoms with Crippen LogP contribution in [0, 0.1) is 18.3 Å². The normalized spacial score (nSPS) is 31.4. The second-order valence-corrected chi connectivity index (χ2v) is 3.55. The molecule has 0 radical (unpaired) electrons. The molecule has 2 heteroatoms. The fourth-order valence-electron chi connectivity index (χ4n) is 1.64. The summed E-state index contributed by atoms with van der Waals surface area (Å²) in [6, 6.07) is 0.123. The van der Waals surface area contributed by atoms with Crippen molar-refractivity contribution in [3.8, 4) is 12.3 Å². The molecule has 0 aromatic heterocycles. The lowest BCUT2D eigenvalue weighted by Gasteiger charge is -2.16. The molecule has 1 rings (SSSR count). The maximum atomic E-state index is 9.48. The van der Waals surface area contributed by atoms with Crippen LogP contribution in [0.1, 0.15) is 26.2 Å². The van der Waals surface area contributed by atoms with Crippen LogP contribution >= 0.6 is 0 Å². The Morgan fingerprint density at radius 2 is 2.42 bits per heavy atom. The number of hydrogen-bond donors (Lipinski definition) is 2. The van der Waals surface area contributed by atoms with Crippen LogP contribution in [-0.4, -0.2) is 23.8 Å². The van der Waals surface area contributed by atoms with Crippen LogP contribution in [0.5, 0.6) is 0 Å². The van der Waals surface area contributed by atoms with Crippen molar-refractivity contribution in [2.45, 2.75) is 38.3 Å². The molecule has 2 nitrogen and oxygen atoms in total. The van der Waals surface area contributed by atoms with E-state index in [0.29, 0.717) is 5.92 Å². The minimum absolute atomic E-state index is 0.109. The summed E-state index contributed by atoms with van der Waals surface area (Å²) in [5.41, 5.74) is 0. The molecule has 0 heterocycles. The van der Waals surface area contributed by atoms with Crippen molar-refractivity contribution in [2.75, 3.05) is 6.54 Å². The number of terminal acetylenes is 1. The molecule has 0 bridgehead atoms. The van der Waals surface area contributed by atoms with Crippen molar-refractivity contribution >= 4 is 0 Å². The molecule has 1 aliphatic rings. The smallest absolute Gasteiger partial charge is 0.0658 e. The van der Waals surface area contributed by atoms with E-state index in [2.05, 4.69) is 11.2 Å². The molecular weight excluding hydrogens is 150 g/mol. The lowest BCUT2D eigenvalue weighted by molar-refractivity contribution is 0.131. The highest BCUT2D eigenvalue weighted by atomic mass is 16.3. The molecule has 0 spiro atoms. The lowest BCUT2D eigenvalue weighted by atomic mass is 10.1. The van der Waals surface area contributed by atoms with E-state index in [1.54, 1.807) is 0 Å². The van der Waals surface area contributed by atoms with Crippen LogP contribution in [0.3, 0.4) is 0 Å². The third-order valence-corrected chi connectivity index (χ3v) is 2.56. The molecule has 1 aliphatic carbocycles. The van der Waals surface area contributed by atoms with Gasteiger partial charge in [-0.3, -0.25) is 0 Å². The van der Waals surface area contributed by atoms with Crippen molar-refractivity contribution in [2.24, 2.45) is 5.92 Å². The lowest BCUT2D eigenvalue weighted by Crippen LogP contribution is -2.33. The minimum Gasteiger partial charge on any atom is -0.393 e. The van der Waals surface area contributed by atoms with E-state index < -0.39 is 0 Å². The maximum absolute atomic E-state index is 9.48. The summed E-state index contributed by atoms with van der Waals surface area (Å²) in [6.45, 7) is 2.81. The van der Waals surface area contributed by atoms with Gasteiger partial charge in [-0.25, -0.2) is 0 Å². The van der Waals surface area contributed by atoms with Gasteiger partial charge in [-0.05, 0) is 25.7 Å². The largest absolute Gasteiger partial charge is 0.393 e. The zero-order valence-corrected chi connectivity index (χ0v) is 7.59. The number of rotatable bonds is 3. The van der Waals surface area contributed by atoms with Gasteiger partial charge in [-0.1, -0.05) is 12.3 Å². The van der Waals surface area contributed by atoms with E-state index in [-0.39, 0.29) is 12.1 Å². The quantitative estimate of drug-likeness (QED) is 0.608. The van der Waals surface area contributed by atoms with E-state index in [1.165, 1.54) is 0 Å². The molecule has 0 amide bonds. The Morgan fingerprint density at radius 1 is 1.67 bits per heavy atom. The average molecular weight is 167 g/mol. The third-order valence-electron chi connectivity index (χ3n) is 2.56. The summed E-state index contributed by atoms with van der Waals surface area (Å²) in [5.74, 6) is 3.03. The fraction of sp³-hybridized carbons (Fsp3) is 0.800. The first-order valence-corrected chi connectivity index (χ1v) is 4.61. The monoisotopic (exact) mass is 167 g/mol. The number of hydrogen-bond acceptors (Lipinski definition) is 2. The molecule has 0 aromatic rings. The molecule has 3 unspecified atom stereocenters. The second kappa shape index (κ2) is 4.49. The van der Waals surface area contributed by atoms with E-state index >= 15 is 0 Å². The standard InChI is InChI=1S/C10H17NO/c1-3-8(2)11-7-9-5-4-6-10(9)12/h1,8-12H,4-7H2,2H3. The second-order valence-electron chi connectivity index (χ2n) is 3.55. The van der Waals surface area contributed by atoms with Gasteiger partial charge in [0, 0.05) is 6.54 Å². The van der Waals surface area contributed by atoms with Gasteiger partial charge in [0.2, 0.25) is 0 Å². The summed E-state index contributed by atoms with van der Waals surface area (Å²) >= 11 is 0. The minimum atomic E-state index is -0.109. The van der Waals surface area contributed by atoms with Crippen LogP contribution in [-0.2, 0) is 0 Å². The summed E-state index contributed by atoms with van der Waals surface area (Å²) in [5, 5.41) is 12.7. The van der Waals surface area contributed by atoms with Gasteiger partial charge in [0.25, 0.3) is 0 Å². The Morgan fingerprint density at radius 3 is 2.92 bits per heavy atom. The van der Waals surface area contributed by atoms with E-state index in [4.69, 9.17) is 6.42 Å². The maximum Gasteiger partial charge on any atom is 0.0658 e. The Hall–Kier alpha value is -0.520. The molecule has 2 N–H and O–H groups in total. The van der Waals surface area contributed by atoms with Crippen LogP contribution in [0.15, 0.2) is 0 Å². The number of nitrogens with one attached hydrogen (secondary N) is 1. The molecule has 68 valence electrons. The van der Waals surface area contributed by atoms with Gasteiger partial charge < -0.3 is 10.4 Å². The van der Waals surface area contributed by atoms with E-state index in [9.17, 15) is 5.11 Å². The average Bonchev–Trinajstić information content (AvgIpc) is 2.47. The molecule has 3 atom stereocenters. The van der Waals surface area contributed by atoms with Crippen molar-refractivity contribution in [1.29, 1.82) is 0 Å². The highest BCUT2D eigenvalue weighted by molar-refractivity contribution is 4.96. The van der Waals surface area contributed by atoms with Gasteiger partial charge in [0.05, 0.1) is 12.1 Å². The molecule has 0 aromatic carbocycles. The highest BCUT2D eigenvalue weighted by Gasteiger charge is 2.24. The topological polar surface area (TPSA) is 32.3 Å². The number of aliphatic hydroxyl groups is 1. The summed E-state index contributed by atoms with van der Waals surface area (Å²) in [4.78, 5) is 0. The Kier molecular flexibility index (Phi) is 3.58. The molecule has 12 heavy (non-hydrogen) atoms. The third kappa shape index (κ3) is 2.51. The molecule has 1 fully saturated rings. The first kappa shape index (κ1) is 9.57. The van der Waals surface area contributed by atoms with Gasteiger partial charge in [-0.15, -0.1) is 6.42 Å². The van der Waals surface area contributed by atoms with Gasteiger partial charge in [0.1, 0.15) is 0 Å². The van der Waals surface area contributed by atoms with Crippen molar-refractivity contribution in [1.82, 2.24) is 5.32 Å². The first-order chi connectivity index (χ1) is 5.74. The van der Waals surface area contributed by atoms with Gasteiger partial charge >= 0.3 is 0 Å². The molecule has 0 aliphatic heterocycles. The SMILES string of the molecule is C#CC(C)NCC1CCCC1O. The summed E-state index contributed by atoms with van der Waals surface area (Å²) in [6.07, 6.45) is 8.34. The first-order valence-electron chi connectivity index (χ1n) is 4.61. The summed E-state index contributed by atoms with van der Waals surface area (Å²) in [7, 11) is 0. The van der Waals surface area contributed by atoms with Gasteiger partial charge in [-0.2, -0.15) is 0 Å². The Balaban J connectivity index is 2.19. The predicted octanol–water partition coefficient (Wildman–Crippen LogP) is 0.759. The number of aliphatic hydroxyl groups excluding tert-OH is 1. The van der Waals surface area contributed by atoms with E-state index in [1.807, 2.05) is 6.92 Å². The van der Waals surface area contributed by atoms with E-state index in [0.717, 1.165) is 25.8 Å². The zero-order chi connectivity index (χ0) is 8.97. The van der Waals surface area contributed by atoms with Crippen LogP contribution < -0.4 is 5.32 Å². The van der Waals surface area contributed by atoms with Gasteiger partial charge in [0.15, 0.2) is 0 Å². The van der Waals surface area contributed by atoms with Crippen LogP contribution in [0.2, 0.25) is 0 Å². The Labute approximate surface area is 74.4 Å². The Bertz CT molecular complexity index is 173. The van der Waals surface area contributed by atoms with Crippen molar-refractivity contribution in [3.63, 3.8) is 0 Å². The molecule has 1 saturated carbocycles. The molecular formula is C10H17NO. The molecule has 0 saturated heterocycles. The van der Waals surface area contributed by atoms with Crippen molar-refractivity contribution < 1.29 is 5.11 Å². The van der Waals surface area contributed by atoms with Crippen LogP contribution in [0.4, 0.5) is 0 Å². The zero-order valence-electron chi connectivity index (χ0n) is 7.59. The summed E-state index contributed by atoms with van der Waals surface area (Å²) < 4.78 is 0. The predicted molar refractivity (Wildman–Crippen MR) is 49.6 cm³/mol. The van der Waals surface area contributed by atoms with Crippen LogP contribution in [0.25, 0.3) is 0 Å². The van der Waals surface area contributed by atoms with Crippen molar-refractivity contribution in [3.05, 3.63) is 0 Å².